The Morgan fingerprint density at radius 2 is 2.12 bits per heavy atom. The van der Waals surface area contributed by atoms with Crippen molar-refractivity contribution in [1.82, 2.24) is 5.32 Å². The first kappa shape index (κ1) is 13.5. The monoisotopic (exact) mass is 229 g/mol. The van der Waals surface area contributed by atoms with E-state index in [1.807, 2.05) is 6.92 Å². The van der Waals surface area contributed by atoms with Crippen LogP contribution in [0.4, 0.5) is 0 Å². The van der Waals surface area contributed by atoms with Gasteiger partial charge in [0.05, 0.1) is 12.7 Å². The maximum atomic E-state index is 11.7. The lowest BCUT2D eigenvalue weighted by atomic mass is 9.97. The summed E-state index contributed by atoms with van der Waals surface area (Å²) in [5, 5.41) is 11.3. The SMILES string of the molecule is CCC(OC1CCCCC1)C(=O)NCCO. The van der Waals surface area contributed by atoms with Crippen LogP contribution in [0, 0.1) is 0 Å². The summed E-state index contributed by atoms with van der Waals surface area (Å²) in [6, 6.07) is 0. The maximum Gasteiger partial charge on any atom is 0.249 e. The van der Waals surface area contributed by atoms with Gasteiger partial charge in [0, 0.05) is 6.54 Å². The van der Waals surface area contributed by atoms with Crippen molar-refractivity contribution >= 4 is 5.91 Å². The average Bonchev–Trinajstić information content (AvgIpc) is 2.34. The topological polar surface area (TPSA) is 58.6 Å². The molecule has 16 heavy (non-hydrogen) atoms. The van der Waals surface area contributed by atoms with Gasteiger partial charge in [-0.25, -0.2) is 0 Å². The molecule has 0 aromatic rings. The third-order valence-electron chi connectivity index (χ3n) is 2.98. The zero-order valence-corrected chi connectivity index (χ0v) is 10.1. The minimum atomic E-state index is -0.352. The van der Waals surface area contributed by atoms with Crippen molar-refractivity contribution in [2.75, 3.05) is 13.2 Å². The van der Waals surface area contributed by atoms with Crippen LogP contribution in [0.1, 0.15) is 45.4 Å². The first-order valence-corrected chi connectivity index (χ1v) is 6.32. The van der Waals surface area contributed by atoms with Gasteiger partial charge in [0.15, 0.2) is 0 Å². The molecule has 1 aliphatic rings. The highest BCUT2D eigenvalue weighted by atomic mass is 16.5. The van der Waals surface area contributed by atoms with Crippen molar-refractivity contribution in [2.45, 2.75) is 57.7 Å². The molecule has 1 amide bonds. The van der Waals surface area contributed by atoms with Crippen molar-refractivity contribution in [2.24, 2.45) is 0 Å². The summed E-state index contributed by atoms with van der Waals surface area (Å²) >= 11 is 0. The minimum absolute atomic E-state index is 0.0222. The maximum absolute atomic E-state index is 11.7. The number of carbonyl (C=O) groups is 1. The molecule has 0 spiro atoms. The van der Waals surface area contributed by atoms with Crippen molar-refractivity contribution in [1.29, 1.82) is 0 Å². The lowest BCUT2D eigenvalue weighted by Gasteiger charge is -2.26. The minimum Gasteiger partial charge on any atom is -0.395 e. The number of nitrogens with one attached hydrogen (secondary N) is 1. The second-order valence-electron chi connectivity index (χ2n) is 4.31. The molecule has 1 rings (SSSR count). The zero-order chi connectivity index (χ0) is 11.8. The number of hydrogen-bond donors (Lipinski definition) is 2. The van der Waals surface area contributed by atoms with Crippen molar-refractivity contribution < 1.29 is 14.6 Å². The van der Waals surface area contributed by atoms with Crippen LogP contribution in [0.3, 0.4) is 0 Å². The van der Waals surface area contributed by atoms with E-state index < -0.39 is 0 Å². The number of amides is 1. The van der Waals surface area contributed by atoms with Crippen LogP contribution >= 0.6 is 0 Å². The lowest BCUT2D eigenvalue weighted by molar-refractivity contribution is -0.138. The Hall–Kier alpha value is -0.610. The third kappa shape index (κ3) is 4.49. The fourth-order valence-corrected chi connectivity index (χ4v) is 2.07. The van der Waals surface area contributed by atoms with Gasteiger partial charge in [-0.1, -0.05) is 26.2 Å². The van der Waals surface area contributed by atoms with E-state index in [0.717, 1.165) is 12.8 Å². The smallest absolute Gasteiger partial charge is 0.249 e. The summed E-state index contributed by atoms with van der Waals surface area (Å²) in [4.78, 5) is 11.7. The van der Waals surface area contributed by atoms with Crippen LogP contribution in [0.15, 0.2) is 0 Å². The second kappa shape index (κ2) is 7.63. The molecule has 0 aromatic carbocycles. The predicted octanol–water partition coefficient (Wildman–Crippen LogP) is 1.22. The number of carbonyl (C=O) groups excluding carboxylic acids is 1. The molecule has 4 nitrogen and oxygen atoms in total. The molecule has 94 valence electrons. The van der Waals surface area contributed by atoms with E-state index in [1.54, 1.807) is 0 Å². The molecule has 1 aliphatic carbocycles. The molecule has 1 fully saturated rings. The molecule has 0 radical (unpaired) electrons. The van der Waals surface area contributed by atoms with Crippen LogP contribution in [-0.2, 0) is 9.53 Å². The Balaban J connectivity index is 2.31. The third-order valence-corrected chi connectivity index (χ3v) is 2.98. The van der Waals surface area contributed by atoms with Gasteiger partial charge in [-0.05, 0) is 19.3 Å². The first-order chi connectivity index (χ1) is 7.77. The van der Waals surface area contributed by atoms with E-state index in [1.165, 1.54) is 19.3 Å². The molecule has 0 bridgehead atoms. The Morgan fingerprint density at radius 3 is 2.69 bits per heavy atom. The summed E-state index contributed by atoms with van der Waals surface area (Å²) < 4.78 is 5.81. The number of aliphatic hydroxyl groups excluding tert-OH is 1. The van der Waals surface area contributed by atoms with Crippen LogP contribution in [0.5, 0.6) is 0 Å². The van der Waals surface area contributed by atoms with Crippen molar-refractivity contribution in [3.63, 3.8) is 0 Å². The summed E-state index contributed by atoms with van der Waals surface area (Å²) in [5.41, 5.74) is 0. The van der Waals surface area contributed by atoms with E-state index in [2.05, 4.69) is 5.32 Å². The lowest BCUT2D eigenvalue weighted by Crippen LogP contribution is -2.39. The molecule has 0 saturated heterocycles. The van der Waals surface area contributed by atoms with Gasteiger partial charge in [0.25, 0.3) is 0 Å². The number of ether oxygens (including phenoxy) is 1. The molecular formula is C12H23NO3. The highest BCUT2D eigenvalue weighted by Crippen LogP contribution is 2.22. The summed E-state index contributed by atoms with van der Waals surface area (Å²) in [6.07, 6.45) is 6.43. The van der Waals surface area contributed by atoms with Gasteiger partial charge < -0.3 is 15.2 Å². The molecule has 1 atom stereocenters. The van der Waals surface area contributed by atoms with Crippen molar-refractivity contribution in [3.8, 4) is 0 Å². The fraction of sp³-hybridized carbons (Fsp3) is 0.917. The van der Waals surface area contributed by atoms with Gasteiger partial charge in [-0.15, -0.1) is 0 Å². The molecule has 1 unspecified atom stereocenters. The fourth-order valence-electron chi connectivity index (χ4n) is 2.07. The Kier molecular flexibility index (Phi) is 6.42. The quantitative estimate of drug-likeness (QED) is 0.720. The Bertz CT molecular complexity index is 202. The van der Waals surface area contributed by atoms with Crippen LogP contribution < -0.4 is 5.32 Å². The highest BCUT2D eigenvalue weighted by Gasteiger charge is 2.22. The van der Waals surface area contributed by atoms with E-state index in [4.69, 9.17) is 9.84 Å². The molecule has 2 N–H and O–H groups in total. The number of hydrogen-bond acceptors (Lipinski definition) is 3. The standard InChI is InChI=1S/C12H23NO3/c1-2-11(12(15)13-8-9-14)16-10-6-4-3-5-7-10/h10-11,14H,2-9H2,1H3,(H,13,15). The van der Waals surface area contributed by atoms with Gasteiger partial charge in [0.1, 0.15) is 6.10 Å². The molecule has 0 heterocycles. The van der Waals surface area contributed by atoms with E-state index in [-0.39, 0.29) is 24.7 Å². The summed E-state index contributed by atoms with van der Waals surface area (Å²) in [7, 11) is 0. The summed E-state index contributed by atoms with van der Waals surface area (Å²) in [6.45, 7) is 2.24. The normalized spacial score (nSPS) is 19.4. The Morgan fingerprint density at radius 1 is 1.44 bits per heavy atom. The molecule has 1 saturated carbocycles. The largest absolute Gasteiger partial charge is 0.395 e. The Labute approximate surface area is 97.4 Å². The van der Waals surface area contributed by atoms with Gasteiger partial charge in [-0.3, -0.25) is 4.79 Å². The van der Waals surface area contributed by atoms with Gasteiger partial charge in [0.2, 0.25) is 5.91 Å². The average molecular weight is 229 g/mol. The van der Waals surface area contributed by atoms with Crippen LogP contribution in [0.25, 0.3) is 0 Å². The van der Waals surface area contributed by atoms with Crippen molar-refractivity contribution in [3.05, 3.63) is 0 Å². The van der Waals surface area contributed by atoms with Gasteiger partial charge >= 0.3 is 0 Å². The highest BCUT2D eigenvalue weighted by molar-refractivity contribution is 5.80. The summed E-state index contributed by atoms with van der Waals surface area (Å²) in [5.74, 6) is -0.0953. The predicted molar refractivity (Wildman–Crippen MR) is 62.1 cm³/mol. The first-order valence-electron chi connectivity index (χ1n) is 6.32. The molecule has 4 heteroatoms. The number of rotatable bonds is 6. The second-order valence-corrected chi connectivity index (χ2v) is 4.31. The van der Waals surface area contributed by atoms with E-state index in [0.29, 0.717) is 13.0 Å². The molecule has 0 aliphatic heterocycles. The van der Waals surface area contributed by atoms with Gasteiger partial charge in [-0.2, -0.15) is 0 Å². The molecule has 0 aromatic heterocycles. The molecular weight excluding hydrogens is 206 g/mol. The zero-order valence-electron chi connectivity index (χ0n) is 10.1. The number of aliphatic hydroxyl groups is 1. The van der Waals surface area contributed by atoms with E-state index >= 15 is 0 Å². The van der Waals surface area contributed by atoms with E-state index in [9.17, 15) is 4.79 Å². The van der Waals surface area contributed by atoms with Crippen LogP contribution in [0.2, 0.25) is 0 Å². The van der Waals surface area contributed by atoms with Crippen LogP contribution in [-0.4, -0.2) is 36.4 Å².